The highest BCUT2D eigenvalue weighted by atomic mass is 16.4. The predicted molar refractivity (Wildman–Crippen MR) is 169 cm³/mol. The van der Waals surface area contributed by atoms with Gasteiger partial charge in [0.25, 0.3) is 0 Å². The lowest BCUT2D eigenvalue weighted by atomic mass is 9.58. The van der Waals surface area contributed by atoms with Crippen LogP contribution in [0.15, 0.2) is 61.3 Å². The van der Waals surface area contributed by atoms with Crippen molar-refractivity contribution in [3.05, 3.63) is 78.1 Å². The lowest BCUT2D eigenvalue weighted by Gasteiger charge is -2.48. The van der Waals surface area contributed by atoms with Crippen molar-refractivity contribution < 1.29 is 9.90 Å². The van der Waals surface area contributed by atoms with Gasteiger partial charge in [-0.1, -0.05) is 18.9 Å². The van der Waals surface area contributed by atoms with E-state index in [-0.39, 0.29) is 5.56 Å². The molecule has 0 radical (unpaired) electrons. The van der Waals surface area contributed by atoms with Crippen LogP contribution < -0.4 is 5.32 Å². The van der Waals surface area contributed by atoms with Crippen LogP contribution in [0, 0.1) is 37.0 Å². The van der Waals surface area contributed by atoms with E-state index in [1.807, 2.05) is 54.2 Å². The molecular weight excluding hydrogens is 550 g/mol. The zero-order valence-electron chi connectivity index (χ0n) is 25.2. The van der Waals surface area contributed by atoms with Crippen LogP contribution in [0.1, 0.15) is 66.6 Å². The molecule has 4 aliphatic rings. The Labute approximate surface area is 256 Å². The molecule has 5 aromatic rings. The number of carbonyl (C=O) groups is 1. The Balaban J connectivity index is 1.12. The molecular formula is C35H37N7O2. The van der Waals surface area contributed by atoms with E-state index in [4.69, 9.17) is 10.1 Å². The lowest BCUT2D eigenvalue weighted by molar-refractivity contribution is 0.0169. The van der Waals surface area contributed by atoms with Crippen LogP contribution in [0.2, 0.25) is 0 Å². The fourth-order valence-corrected chi connectivity index (χ4v) is 8.86. The molecule has 5 aromatic heterocycles. The van der Waals surface area contributed by atoms with Crippen molar-refractivity contribution in [2.45, 2.75) is 65.3 Å². The number of aromatic nitrogens is 6. The van der Waals surface area contributed by atoms with E-state index in [1.54, 1.807) is 18.6 Å². The molecule has 44 heavy (non-hydrogen) atoms. The average Bonchev–Trinajstić information content (AvgIpc) is 3.52. The summed E-state index contributed by atoms with van der Waals surface area (Å²) < 4.78 is 4.04. The van der Waals surface area contributed by atoms with Gasteiger partial charge in [-0.25, -0.2) is 19.7 Å². The first kappa shape index (κ1) is 27.0. The molecule has 9 heteroatoms. The Bertz CT molecular complexity index is 1880. The van der Waals surface area contributed by atoms with Crippen molar-refractivity contribution in [2.24, 2.45) is 23.2 Å². The number of aryl methyl sites for hydroxylation is 1. The number of hydrogen-bond acceptors (Lipinski definition) is 6. The number of carboxylic acids is 1. The van der Waals surface area contributed by atoms with Gasteiger partial charge in [0.15, 0.2) is 0 Å². The van der Waals surface area contributed by atoms with E-state index in [1.165, 1.54) is 44.9 Å². The standard InChI is InChI=1S/C35H37N7O2/c1-21-11-26(17-37-32(21)40-30-5-3-4-9-36-30)41-10-8-27-31(34(43)44)29(18-38-33(27)41)28-19-39-42(22(28)2)20-35-14-23-6-7-24(15-35)13-25(12-23)16-35/h3-5,8-11,17-19,23-25H,6-7,12-16,20H2,1-2H3,(H,43,44)(H,36,37,40). The topological polar surface area (TPSA) is 111 Å². The Morgan fingerprint density at radius 2 is 1.77 bits per heavy atom. The molecule has 9 rings (SSSR count). The van der Waals surface area contributed by atoms with Gasteiger partial charge in [-0.2, -0.15) is 5.10 Å². The first-order valence-corrected chi connectivity index (χ1v) is 15.8. The van der Waals surface area contributed by atoms with Crippen molar-refractivity contribution in [1.29, 1.82) is 0 Å². The number of pyridine rings is 3. The SMILES string of the molecule is Cc1cc(-n2ccc3c(C(=O)O)c(-c4cnn(CC56CC7CCC(CC(C7)C5)C6)c4C)cnc32)cnc1Nc1ccccn1. The minimum absolute atomic E-state index is 0.251. The molecule has 2 atom stereocenters. The quantitative estimate of drug-likeness (QED) is 0.205. The molecule has 0 aromatic carbocycles. The van der Waals surface area contributed by atoms with Crippen LogP contribution >= 0.6 is 0 Å². The number of anilines is 2. The Hall–Kier alpha value is -4.53. The summed E-state index contributed by atoms with van der Waals surface area (Å²) in [6, 6.07) is 9.52. The summed E-state index contributed by atoms with van der Waals surface area (Å²) in [6.45, 7) is 4.98. The number of nitrogens with zero attached hydrogens (tertiary/aromatic N) is 6. The van der Waals surface area contributed by atoms with Crippen LogP contribution in [0.5, 0.6) is 0 Å². The van der Waals surface area contributed by atoms with Gasteiger partial charge in [-0.05, 0) is 98.9 Å². The number of hydrogen-bond donors (Lipinski definition) is 2. The van der Waals surface area contributed by atoms with Gasteiger partial charge in [0.1, 0.15) is 17.3 Å². The highest BCUT2D eigenvalue weighted by molar-refractivity contribution is 6.08. The molecule has 9 nitrogen and oxygen atoms in total. The van der Waals surface area contributed by atoms with E-state index < -0.39 is 5.97 Å². The summed E-state index contributed by atoms with van der Waals surface area (Å²) in [5.74, 6) is 3.04. The predicted octanol–water partition coefficient (Wildman–Crippen LogP) is 7.34. The normalized spacial score (nSPS) is 24.1. The molecule has 2 N–H and O–H groups in total. The monoisotopic (exact) mass is 587 g/mol. The van der Waals surface area contributed by atoms with Gasteiger partial charge < -0.3 is 10.4 Å². The van der Waals surface area contributed by atoms with E-state index >= 15 is 0 Å². The number of aromatic carboxylic acids is 1. The van der Waals surface area contributed by atoms with Crippen molar-refractivity contribution in [2.75, 3.05) is 5.32 Å². The van der Waals surface area contributed by atoms with Gasteiger partial charge in [-0.15, -0.1) is 0 Å². The third kappa shape index (κ3) is 4.57. The molecule has 2 unspecified atom stereocenters. The molecule has 0 saturated heterocycles. The summed E-state index contributed by atoms with van der Waals surface area (Å²) in [4.78, 5) is 26.5. The maximum atomic E-state index is 12.8. The number of rotatable bonds is 7. The summed E-state index contributed by atoms with van der Waals surface area (Å²) in [5.41, 5.74) is 5.35. The molecule has 5 heterocycles. The Morgan fingerprint density at radius 3 is 2.50 bits per heavy atom. The smallest absolute Gasteiger partial charge is 0.337 e. The largest absolute Gasteiger partial charge is 0.478 e. The average molecular weight is 588 g/mol. The second-order valence-electron chi connectivity index (χ2n) is 13.5. The maximum absolute atomic E-state index is 12.8. The minimum atomic E-state index is -0.973. The Kier molecular flexibility index (Phi) is 6.32. The third-order valence-corrected chi connectivity index (χ3v) is 10.5. The summed E-state index contributed by atoms with van der Waals surface area (Å²) in [6.07, 6.45) is 18.4. The summed E-state index contributed by atoms with van der Waals surface area (Å²) >= 11 is 0. The van der Waals surface area contributed by atoms with E-state index in [0.717, 1.165) is 52.6 Å². The molecule has 4 bridgehead atoms. The van der Waals surface area contributed by atoms with E-state index in [0.29, 0.717) is 27.8 Å². The summed E-state index contributed by atoms with van der Waals surface area (Å²) in [7, 11) is 0. The molecule has 0 amide bonds. The molecule has 0 aliphatic heterocycles. The first-order valence-electron chi connectivity index (χ1n) is 15.8. The second kappa shape index (κ2) is 10.3. The van der Waals surface area contributed by atoms with Crippen molar-refractivity contribution in [1.82, 2.24) is 29.3 Å². The highest BCUT2D eigenvalue weighted by Gasteiger charge is 2.48. The fraction of sp³-hybridized carbons (Fsp3) is 0.400. The first-order chi connectivity index (χ1) is 21.4. The molecule has 224 valence electrons. The third-order valence-electron chi connectivity index (χ3n) is 10.5. The Morgan fingerprint density at radius 1 is 0.977 bits per heavy atom. The van der Waals surface area contributed by atoms with Crippen LogP contribution in [0.4, 0.5) is 11.6 Å². The minimum Gasteiger partial charge on any atom is -0.478 e. The van der Waals surface area contributed by atoms with Gasteiger partial charge in [-0.3, -0.25) is 9.25 Å². The van der Waals surface area contributed by atoms with Crippen LogP contribution in [-0.2, 0) is 6.54 Å². The van der Waals surface area contributed by atoms with Crippen LogP contribution in [0.3, 0.4) is 0 Å². The van der Waals surface area contributed by atoms with Crippen molar-refractivity contribution in [3.63, 3.8) is 0 Å². The van der Waals surface area contributed by atoms with Crippen molar-refractivity contribution >= 4 is 28.6 Å². The zero-order valence-corrected chi connectivity index (χ0v) is 25.2. The van der Waals surface area contributed by atoms with Gasteiger partial charge in [0, 0.05) is 47.3 Å². The second-order valence-corrected chi connectivity index (χ2v) is 13.5. The fourth-order valence-electron chi connectivity index (χ4n) is 8.86. The summed E-state index contributed by atoms with van der Waals surface area (Å²) in [5, 5.41) is 19.2. The maximum Gasteiger partial charge on any atom is 0.337 e. The van der Waals surface area contributed by atoms with Crippen LogP contribution in [0.25, 0.3) is 27.8 Å². The van der Waals surface area contributed by atoms with Gasteiger partial charge >= 0.3 is 5.97 Å². The number of nitrogens with one attached hydrogen (secondary N) is 1. The van der Waals surface area contributed by atoms with E-state index in [9.17, 15) is 9.90 Å². The molecule has 4 fully saturated rings. The molecule has 0 spiro atoms. The van der Waals surface area contributed by atoms with Crippen LogP contribution in [-0.4, -0.2) is 40.4 Å². The number of carboxylic acid groups (broad SMARTS) is 1. The van der Waals surface area contributed by atoms with Gasteiger partial charge in [0.2, 0.25) is 0 Å². The van der Waals surface area contributed by atoms with Gasteiger partial charge in [0.05, 0.1) is 23.6 Å². The lowest BCUT2D eigenvalue weighted by Crippen LogP contribution is -2.40. The number of fused-ring (bicyclic) bond motifs is 2. The molecule has 4 saturated carbocycles. The van der Waals surface area contributed by atoms with Crippen molar-refractivity contribution in [3.8, 4) is 16.8 Å². The molecule has 4 aliphatic carbocycles. The highest BCUT2D eigenvalue weighted by Crippen LogP contribution is 2.58. The van der Waals surface area contributed by atoms with E-state index in [2.05, 4.69) is 26.9 Å². The zero-order chi connectivity index (χ0) is 30.0.